The third-order valence-electron chi connectivity index (χ3n) is 6.89. The van der Waals surface area contributed by atoms with E-state index in [2.05, 4.69) is 52.5 Å². The van der Waals surface area contributed by atoms with Crippen LogP contribution in [0.2, 0.25) is 5.02 Å². The zero-order chi connectivity index (χ0) is 24.9. The highest BCUT2D eigenvalue weighted by atomic mass is 35.5. The second kappa shape index (κ2) is 11.0. The van der Waals surface area contributed by atoms with E-state index in [4.69, 9.17) is 21.4 Å². The topological polar surface area (TPSA) is 65.6 Å². The number of nitrogens with zero attached hydrogens (tertiary/aromatic N) is 1. The first-order valence-corrected chi connectivity index (χ1v) is 12.7. The molecule has 5 rings (SSSR count). The number of carboxylic acids is 1. The van der Waals surface area contributed by atoms with Crippen LogP contribution in [0.5, 0.6) is 5.75 Å². The Morgan fingerprint density at radius 1 is 1.11 bits per heavy atom. The third-order valence-corrected chi connectivity index (χ3v) is 7.20. The van der Waals surface area contributed by atoms with E-state index in [9.17, 15) is 4.79 Å². The fraction of sp³-hybridized carbons (Fsp3) is 0.233. The molecule has 1 aliphatic rings. The van der Waals surface area contributed by atoms with Gasteiger partial charge in [0.2, 0.25) is 0 Å². The third kappa shape index (κ3) is 5.48. The van der Waals surface area contributed by atoms with Crippen molar-refractivity contribution in [1.82, 2.24) is 9.88 Å². The highest BCUT2D eigenvalue weighted by Crippen LogP contribution is 2.37. The lowest BCUT2D eigenvalue weighted by atomic mass is 10.0. The molecule has 2 N–H and O–H groups in total. The van der Waals surface area contributed by atoms with Crippen LogP contribution in [0.4, 0.5) is 0 Å². The number of fused-ring (bicyclic) bond motifs is 2. The molecular weight excluding hydrogens is 472 g/mol. The summed E-state index contributed by atoms with van der Waals surface area (Å²) in [5.41, 5.74) is 6.00. The number of rotatable bonds is 10. The van der Waals surface area contributed by atoms with Crippen molar-refractivity contribution in [3.05, 3.63) is 106 Å². The van der Waals surface area contributed by atoms with Crippen LogP contribution in [-0.4, -0.2) is 40.7 Å². The molecule has 0 aliphatic heterocycles. The van der Waals surface area contributed by atoms with Crippen molar-refractivity contribution in [1.29, 1.82) is 0 Å². The molecule has 0 fully saturated rings. The van der Waals surface area contributed by atoms with Crippen molar-refractivity contribution < 1.29 is 14.6 Å². The summed E-state index contributed by atoms with van der Waals surface area (Å²) in [6.45, 7) is 2.22. The number of aromatic amines is 1. The van der Waals surface area contributed by atoms with Crippen LogP contribution in [0.1, 0.15) is 34.7 Å². The van der Waals surface area contributed by atoms with Crippen LogP contribution in [0, 0.1) is 0 Å². The van der Waals surface area contributed by atoms with Crippen LogP contribution in [0.25, 0.3) is 17.0 Å². The van der Waals surface area contributed by atoms with Gasteiger partial charge in [0.15, 0.2) is 0 Å². The van der Waals surface area contributed by atoms with Gasteiger partial charge in [0.05, 0.1) is 5.02 Å². The average molecular weight is 501 g/mol. The number of aromatic nitrogens is 1. The minimum Gasteiger partial charge on any atom is -0.491 e. The molecule has 184 valence electrons. The predicted octanol–water partition coefficient (Wildman–Crippen LogP) is 6.53. The Hall–Kier alpha value is -3.54. The smallest absolute Gasteiger partial charge is 0.328 e. The summed E-state index contributed by atoms with van der Waals surface area (Å²) >= 11 is 6.29. The highest BCUT2D eigenvalue weighted by molar-refractivity contribution is 6.32. The van der Waals surface area contributed by atoms with Gasteiger partial charge in [-0.3, -0.25) is 4.90 Å². The van der Waals surface area contributed by atoms with Crippen molar-refractivity contribution in [2.75, 3.05) is 19.7 Å². The van der Waals surface area contributed by atoms with E-state index < -0.39 is 5.97 Å². The lowest BCUT2D eigenvalue weighted by molar-refractivity contribution is -0.131. The number of nitrogens with one attached hydrogen (secondary N) is 1. The van der Waals surface area contributed by atoms with Crippen LogP contribution in [0.15, 0.2) is 79.0 Å². The normalized spacial score (nSPS) is 15.1. The average Bonchev–Trinajstić information content (AvgIpc) is 3.50. The Kier molecular flexibility index (Phi) is 7.40. The maximum absolute atomic E-state index is 10.9. The fourth-order valence-electron chi connectivity index (χ4n) is 5.13. The van der Waals surface area contributed by atoms with E-state index in [1.807, 2.05) is 30.3 Å². The van der Waals surface area contributed by atoms with Gasteiger partial charge < -0.3 is 14.8 Å². The molecule has 36 heavy (non-hydrogen) atoms. The van der Waals surface area contributed by atoms with Crippen LogP contribution in [-0.2, 0) is 17.6 Å². The Morgan fingerprint density at radius 2 is 1.94 bits per heavy atom. The number of benzene rings is 3. The Morgan fingerprint density at radius 3 is 2.81 bits per heavy atom. The molecule has 0 amide bonds. The number of H-pyrrole nitrogens is 1. The Bertz CT molecular complexity index is 1390. The van der Waals surface area contributed by atoms with Crippen molar-refractivity contribution in [2.24, 2.45) is 0 Å². The molecule has 1 atom stereocenters. The number of carboxylic acid groups (broad SMARTS) is 1. The molecule has 6 heteroatoms. The minimum absolute atomic E-state index is 0.289. The number of aliphatic carboxylic acids is 1. The summed E-state index contributed by atoms with van der Waals surface area (Å²) in [6.07, 6.45) is 7.90. The number of hydrogen-bond acceptors (Lipinski definition) is 3. The molecule has 4 aromatic rings. The molecular formula is C30H29ClN2O3. The first kappa shape index (κ1) is 24.2. The van der Waals surface area contributed by atoms with Crippen LogP contribution >= 0.6 is 11.6 Å². The second-order valence-electron chi connectivity index (χ2n) is 9.11. The number of carbonyl (C=O) groups is 1. The monoisotopic (exact) mass is 500 g/mol. The van der Waals surface area contributed by atoms with Gasteiger partial charge in [-0.05, 0) is 65.8 Å². The van der Waals surface area contributed by atoms with Crippen molar-refractivity contribution >= 4 is 34.5 Å². The van der Waals surface area contributed by atoms with Crippen molar-refractivity contribution in [3.63, 3.8) is 0 Å². The summed E-state index contributed by atoms with van der Waals surface area (Å²) in [5.74, 6) is -0.229. The maximum Gasteiger partial charge on any atom is 0.328 e. The van der Waals surface area contributed by atoms with Crippen molar-refractivity contribution in [3.8, 4) is 5.75 Å². The van der Waals surface area contributed by atoms with Gasteiger partial charge in [-0.25, -0.2) is 4.79 Å². The Balaban J connectivity index is 1.34. The molecule has 0 saturated carbocycles. The predicted molar refractivity (Wildman–Crippen MR) is 145 cm³/mol. The first-order chi connectivity index (χ1) is 17.6. The van der Waals surface area contributed by atoms with Gasteiger partial charge in [-0.2, -0.15) is 0 Å². The molecule has 1 aliphatic carbocycles. The van der Waals surface area contributed by atoms with Crippen LogP contribution in [0.3, 0.4) is 0 Å². The summed E-state index contributed by atoms with van der Waals surface area (Å²) in [4.78, 5) is 16.8. The molecule has 1 aromatic heterocycles. The molecule has 0 saturated heterocycles. The summed E-state index contributed by atoms with van der Waals surface area (Å²) in [6, 6.07) is 22.6. The SMILES string of the molecule is O=C(O)C=Cc1ccc2c(c1)CCC2N(CCOc1ccccc1Cl)CCc1c[nH]c2ccccc12. The molecule has 1 unspecified atom stereocenters. The summed E-state index contributed by atoms with van der Waals surface area (Å²) in [5, 5.41) is 10.8. The quantitative estimate of drug-likeness (QED) is 0.243. The van der Waals surface area contributed by atoms with Gasteiger partial charge in [0.1, 0.15) is 12.4 Å². The van der Waals surface area contributed by atoms with E-state index in [1.165, 1.54) is 28.2 Å². The number of halogens is 1. The second-order valence-corrected chi connectivity index (χ2v) is 9.52. The lowest BCUT2D eigenvalue weighted by Crippen LogP contribution is -2.33. The largest absolute Gasteiger partial charge is 0.491 e. The number of hydrogen-bond donors (Lipinski definition) is 2. The van der Waals surface area contributed by atoms with Gasteiger partial charge >= 0.3 is 5.97 Å². The minimum atomic E-state index is -0.935. The van der Waals surface area contributed by atoms with E-state index in [-0.39, 0.29) is 6.04 Å². The maximum atomic E-state index is 10.9. The van der Waals surface area contributed by atoms with Gasteiger partial charge in [0, 0.05) is 42.3 Å². The summed E-state index contributed by atoms with van der Waals surface area (Å²) < 4.78 is 6.05. The van der Waals surface area contributed by atoms with Gasteiger partial charge in [-0.15, -0.1) is 0 Å². The number of ether oxygens (including phenoxy) is 1. The highest BCUT2D eigenvalue weighted by Gasteiger charge is 2.28. The van der Waals surface area contributed by atoms with E-state index in [1.54, 1.807) is 6.08 Å². The molecule has 1 heterocycles. The molecule has 0 bridgehead atoms. The van der Waals surface area contributed by atoms with Gasteiger partial charge in [0.25, 0.3) is 0 Å². The number of aryl methyl sites for hydroxylation is 1. The fourth-order valence-corrected chi connectivity index (χ4v) is 5.32. The zero-order valence-electron chi connectivity index (χ0n) is 20.0. The molecule has 3 aromatic carbocycles. The molecule has 0 radical (unpaired) electrons. The lowest BCUT2D eigenvalue weighted by Gasteiger charge is -2.30. The van der Waals surface area contributed by atoms with E-state index in [0.29, 0.717) is 17.4 Å². The number of para-hydroxylation sites is 2. The van der Waals surface area contributed by atoms with E-state index in [0.717, 1.165) is 43.4 Å². The van der Waals surface area contributed by atoms with E-state index >= 15 is 0 Å². The Labute approximate surface area is 216 Å². The summed E-state index contributed by atoms with van der Waals surface area (Å²) in [7, 11) is 0. The zero-order valence-corrected chi connectivity index (χ0v) is 20.7. The molecule has 5 nitrogen and oxygen atoms in total. The van der Waals surface area contributed by atoms with Crippen LogP contribution < -0.4 is 4.74 Å². The standard InChI is InChI=1S/C30H29ClN2O3/c31-26-6-2-4-8-29(26)36-18-17-33(16-15-23-20-32-27-7-3-1-5-24(23)27)28-13-11-22-19-21(9-12-25(22)28)10-14-30(34)35/h1-10,12,14,19-20,28,32H,11,13,15-18H2,(H,34,35). The van der Waals surface area contributed by atoms with Gasteiger partial charge in [-0.1, -0.05) is 60.1 Å². The first-order valence-electron chi connectivity index (χ1n) is 12.3. The molecule has 0 spiro atoms. The van der Waals surface area contributed by atoms with Crippen molar-refractivity contribution in [2.45, 2.75) is 25.3 Å².